The second-order valence-electron chi connectivity index (χ2n) is 4.43. The van der Waals surface area contributed by atoms with Crippen molar-refractivity contribution in [3.8, 4) is 11.1 Å². The van der Waals surface area contributed by atoms with Gasteiger partial charge >= 0.3 is 0 Å². The summed E-state index contributed by atoms with van der Waals surface area (Å²) in [7, 11) is 1.94. The van der Waals surface area contributed by atoms with Crippen molar-refractivity contribution in [2.45, 2.75) is 26.3 Å². The molecule has 0 amide bonds. The van der Waals surface area contributed by atoms with Crippen molar-refractivity contribution < 1.29 is 0 Å². The Kier molecular flexibility index (Phi) is 4.04. The first-order chi connectivity index (χ1) is 8.65. The van der Waals surface area contributed by atoms with Crippen molar-refractivity contribution in [1.82, 2.24) is 9.78 Å². The normalized spacial score (nSPS) is 10.9. The van der Waals surface area contributed by atoms with Crippen LogP contribution >= 0.6 is 11.6 Å². The van der Waals surface area contributed by atoms with Crippen LogP contribution in [-0.2, 0) is 20.0 Å². The van der Waals surface area contributed by atoms with Crippen molar-refractivity contribution >= 4 is 11.6 Å². The number of aromatic nitrogens is 2. The van der Waals surface area contributed by atoms with Gasteiger partial charge in [0, 0.05) is 35.9 Å². The van der Waals surface area contributed by atoms with Crippen molar-refractivity contribution in [1.29, 1.82) is 0 Å². The molecule has 0 aliphatic rings. The van der Waals surface area contributed by atoms with Gasteiger partial charge in [-0.2, -0.15) is 5.10 Å². The molecule has 0 saturated carbocycles. The molecule has 0 unspecified atom stereocenters. The number of hydrogen-bond acceptors (Lipinski definition) is 2. The van der Waals surface area contributed by atoms with Crippen molar-refractivity contribution in [2.75, 3.05) is 0 Å². The number of benzene rings is 1. The quantitative estimate of drug-likeness (QED) is 0.921. The van der Waals surface area contributed by atoms with Crippen LogP contribution in [0.1, 0.15) is 24.6 Å². The van der Waals surface area contributed by atoms with Crippen molar-refractivity contribution in [2.24, 2.45) is 12.8 Å². The Hall–Kier alpha value is -1.32. The fourth-order valence-corrected chi connectivity index (χ4v) is 2.39. The average molecular weight is 264 g/mol. The molecule has 0 fully saturated rings. The van der Waals surface area contributed by atoms with E-state index in [4.69, 9.17) is 17.3 Å². The third-order valence-electron chi connectivity index (χ3n) is 2.95. The number of aryl methyl sites for hydroxylation is 2. The maximum atomic E-state index is 6.33. The molecule has 0 atom stereocenters. The van der Waals surface area contributed by atoms with E-state index in [2.05, 4.69) is 12.0 Å². The highest BCUT2D eigenvalue weighted by Gasteiger charge is 2.12. The Bertz CT molecular complexity index is 546. The van der Waals surface area contributed by atoms with E-state index in [0.29, 0.717) is 6.54 Å². The third kappa shape index (κ3) is 2.57. The molecule has 1 heterocycles. The number of hydrogen-bond donors (Lipinski definition) is 1. The minimum atomic E-state index is 0.509. The summed E-state index contributed by atoms with van der Waals surface area (Å²) in [5.74, 6) is 0. The lowest BCUT2D eigenvalue weighted by atomic mass is 10.0. The zero-order valence-electron chi connectivity index (χ0n) is 10.8. The van der Waals surface area contributed by atoms with Gasteiger partial charge in [0.1, 0.15) is 0 Å². The van der Waals surface area contributed by atoms with E-state index in [1.54, 1.807) is 0 Å². The summed E-state index contributed by atoms with van der Waals surface area (Å²) in [5, 5.41) is 5.23. The molecule has 0 aliphatic carbocycles. The largest absolute Gasteiger partial charge is 0.326 e. The first-order valence-electron chi connectivity index (χ1n) is 6.17. The van der Waals surface area contributed by atoms with Gasteiger partial charge in [0.05, 0.1) is 5.69 Å². The van der Waals surface area contributed by atoms with E-state index in [0.717, 1.165) is 40.2 Å². The molecule has 1 aromatic carbocycles. The van der Waals surface area contributed by atoms with Crippen LogP contribution in [0.2, 0.25) is 5.02 Å². The van der Waals surface area contributed by atoms with Crippen LogP contribution in [0.5, 0.6) is 0 Å². The maximum absolute atomic E-state index is 6.33. The molecule has 18 heavy (non-hydrogen) atoms. The molecule has 2 N–H and O–H groups in total. The van der Waals surface area contributed by atoms with E-state index in [9.17, 15) is 0 Å². The molecule has 4 heteroatoms. The predicted octanol–water partition coefficient (Wildman–Crippen LogP) is 3.15. The van der Waals surface area contributed by atoms with E-state index in [1.807, 2.05) is 36.1 Å². The van der Waals surface area contributed by atoms with Gasteiger partial charge in [0.2, 0.25) is 0 Å². The zero-order chi connectivity index (χ0) is 13.1. The van der Waals surface area contributed by atoms with Crippen molar-refractivity contribution in [3.63, 3.8) is 0 Å². The smallest absolute Gasteiger partial charge is 0.0703 e. The van der Waals surface area contributed by atoms with Gasteiger partial charge in [-0.25, -0.2) is 0 Å². The number of halogens is 1. The molecule has 2 aromatic rings. The number of nitrogens with zero attached hydrogens (tertiary/aromatic N) is 2. The van der Waals surface area contributed by atoms with Gasteiger partial charge in [0.15, 0.2) is 0 Å². The van der Waals surface area contributed by atoms with E-state index in [-0.39, 0.29) is 0 Å². The average Bonchev–Trinajstić information content (AvgIpc) is 2.70. The van der Waals surface area contributed by atoms with Crippen molar-refractivity contribution in [3.05, 3.63) is 40.7 Å². The monoisotopic (exact) mass is 263 g/mol. The maximum Gasteiger partial charge on any atom is 0.0703 e. The number of rotatable bonds is 4. The minimum absolute atomic E-state index is 0.509. The minimum Gasteiger partial charge on any atom is -0.326 e. The highest BCUT2D eigenvalue weighted by Crippen LogP contribution is 2.31. The summed E-state index contributed by atoms with van der Waals surface area (Å²) < 4.78 is 1.84. The van der Waals surface area contributed by atoms with Gasteiger partial charge in [-0.05, 0) is 18.1 Å². The van der Waals surface area contributed by atoms with E-state index >= 15 is 0 Å². The molecule has 2 rings (SSSR count). The molecule has 0 aliphatic heterocycles. The molecular formula is C14H18ClN3. The van der Waals surface area contributed by atoms with Gasteiger partial charge in [-0.15, -0.1) is 0 Å². The summed E-state index contributed by atoms with van der Waals surface area (Å²) in [6.07, 6.45) is 4.06. The van der Waals surface area contributed by atoms with Crippen LogP contribution in [0.3, 0.4) is 0 Å². The predicted molar refractivity (Wildman–Crippen MR) is 75.5 cm³/mol. The second kappa shape index (κ2) is 5.55. The van der Waals surface area contributed by atoms with Crippen LogP contribution < -0.4 is 5.73 Å². The number of nitrogens with two attached hydrogens (primary N) is 1. The lowest BCUT2D eigenvalue weighted by molar-refractivity contribution is 0.733. The van der Waals surface area contributed by atoms with Crippen LogP contribution in [0.15, 0.2) is 24.4 Å². The second-order valence-corrected chi connectivity index (χ2v) is 4.84. The molecule has 1 aromatic heterocycles. The summed E-state index contributed by atoms with van der Waals surface area (Å²) >= 11 is 6.33. The molecule has 0 bridgehead atoms. The topological polar surface area (TPSA) is 43.8 Å². The highest BCUT2D eigenvalue weighted by molar-refractivity contribution is 6.33. The highest BCUT2D eigenvalue weighted by atomic mass is 35.5. The Morgan fingerprint density at radius 2 is 2.11 bits per heavy atom. The molecular weight excluding hydrogens is 246 g/mol. The van der Waals surface area contributed by atoms with Gasteiger partial charge in [0.25, 0.3) is 0 Å². The van der Waals surface area contributed by atoms with Gasteiger partial charge < -0.3 is 5.73 Å². The molecule has 0 spiro atoms. The lowest BCUT2D eigenvalue weighted by Crippen LogP contribution is -1.96. The first-order valence-corrected chi connectivity index (χ1v) is 6.55. The van der Waals surface area contributed by atoms with Crippen LogP contribution in [-0.4, -0.2) is 9.78 Å². The van der Waals surface area contributed by atoms with Crippen LogP contribution in [0, 0.1) is 0 Å². The fourth-order valence-electron chi connectivity index (χ4n) is 2.08. The zero-order valence-corrected chi connectivity index (χ0v) is 11.5. The van der Waals surface area contributed by atoms with E-state index in [1.165, 1.54) is 0 Å². The van der Waals surface area contributed by atoms with E-state index < -0.39 is 0 Å². The van der Waals surface area contributed by atoms with Gasteiger partial charge in [-0.3, -0.25) is 4.68 Å². The summed E-state index contributed by atoms with van der Waals surface area (Å²) in [6, 6.07) is 5.98. The van der Waals surface area contributed by atoms with Crippen LogP contribution in [0.4, 0.5) is 0 Å². The molecule has 0 radical (unpaired) electrons. The Balaban J connectivity index is 2.47. The fraction of sp³-hybridized carbons (Fsp3) is 0.357. The standard InChI is InChI=1S/C14H18ClN3/c1-3-4-14-12(9-18(2)17-14)11-6-5-10(8-16)7-13(11)15/h5-7,9H,3-4,8,16H2,1-2H3. The summed E-state index contributed by atoms with van der Waals surface area (Å²) in [4.78, 5) is 0. The Labute approximate surface area is 113 Å². The summed E-state index contributed by atoms with van der Waals surface area (Å²) in [5.41, 5.74) is 9.91. The third-order valence-corrected chi connectivity index (χ3v) is 3.26. The Morgan fingerprint density at radius 1 is 1.33 bits per heavy atom. The Morgan fingerprint density at radius 3 is 2.72 bits per heavy atom. The summed E-state index contributed by atoms with van der Waals surface area (Å²) in [6.45, 7) is 2.66. The SMILES string of the molecule is CCCc1nn(C)cc1-c1ccc(CN)cc1Cl. The lowest BCUT2D eigenvalue weighted by Gasteiger charge is -2.06. The molecule has 96 valence electrons. The molecule has 0 saturated heterocycles. The molecule has 3 nitrogen and oxygen atoms in total. The first kappa shape index (κ1) is 13.1. The van der Waals surface area contributed by atoms with Gasteiger partial charge in [-0.1, -0.05) is 37.1 Å². The van der Waals surface area contributed by atoms with Crippen LogP contribution in [0.25, 0.3) is 11.1 Å².